The van der Waals surface area contributed by atoms with E-state index >= 15 is 0 Å². The van der Waals surface area contributed by atoms with Crippen molar-refractivity contribution < 1.29 is 25.9 Å². The molecule has 0 aromatic rings. The first-order valence-corrected chi connectivity index (χ1v) is 9.56. The topological polar surface area (TPSA) is 109 Å². The summed E-state index contributed by atoms with van der Waals surface area (Å²) in [6.07, 6.45) is 2.25. The Kier molecular flexibility index (Phi) is 8.39. The molecule has 0 bridgehead atoms. The van der Waals surface area contributed by atoms with Gasteiger partial charge >= 0.3 is 0 Å². The van der Waals surface area contributed by atoms with Gasteiger partial charge in [-0.25, -0.2) is 0 Å². The van der Waals surface area contributed by atoms with Gasteiger partial charge in [0.15, 0.2) is 0 Å². The maximum absolute atomic E-state index is 10.4. The largest absolute Gasteiger partial charge is 0.286 e. The molecule has 0 fully saturated rings. The fourth-order valence-electron chi connectivity index (χ4n) is 1.08. The molecule has 0 aromatic carbocycles. The maximum atomic E-state index is 10.4. The third-order valence-electron chi connectivity index (χ3n) is 1.88. The molecule has 0 heterocycles. The van der Waals surface area contributed by atoms with E-state index in [4.69, 9.17) is 9.11 Å². The molecule has 0 aromatic heterocycles. The molecule has 2 N–H and O–H groups in total. The molecule has 0 aliphatic carbocycles. The predicted molar refractivity (Wildman–Crippen MR) is 68.6 cm³/mol. The molecule has 0 saturated carbocycles. The second kappa shape index (κ2) is 8.30. The minimum Gasteiger partial charge on any atom is -0.286 e. The van der Waals surface area contributed by atoms with Crippen molar-refractivity contribution >= 4 is 32.0 Å². The first kappa shape index (κ1) is 17.2. The Balaban J connectivity index is 3.25. The summed E-state index contributed by atoms with van der Waals surface area (Å²) >= 11 is 1.60. The van der Waals surface area contributed by atoms with E-state index < -0.39 is 20.2 Å². The SMILES string of the molecule is O=S(=O)(O)CCCCSCCCCS(=O)(=O)O. The first-order chi connectivity index (χ1) is 7.71. The molecular formula is C8H18O6S3. The van der Waals surface area contributed by atoms with Crippen LogP contribution in [0.25, 0.3) is 0 Å². The fraction of sp³-hybridized carbons (Fsp3) is 1.00. The Morgan fingerprint density at radius 3 is 1.35 bits per heavy atom. The Morgan fingerprint density at radius 1 is 0.706 bits per heavy atom. The van der Waals surface area contributed by atoms with Crippen molar-refractivity contribution in [2.45, 2.75) is 25.7 Å². The molecule has 9 heteroatoms. The van der Waals surface area contributed by atoms with Crippen LogP contribution in [0.1, 0.15) is 25.7 Å². The standard InChI is InChI=1S/C8H18O6S3/c9-16(10,11)7-3-1-5-15-6-2-4-8-17(12,13)14/h1-8H2,(H,9,10,11)(H,12,13,14). The van der Waals surface area contributed by atoms with Crippen molar-refractivity contribution in [2.24, 2.45) is 0 Å². The van der Waals surface area contributed by atoms with Crippen molar-refractivity contribution in [2.75, 3.05) is 23.0 Å². The summed E-state index contributed by atoms with van der Waals surface area (Å²) < 4.78 is 58.4. The maximum Gasteiger partial charge on any atom is 0.264 e. The molecule has 0 spiro atoms. The Hall–Kier alpha value is 0.170. The highest BCUT2D eigenvalue weighted by Crippen LogP contribution is 2.09. The van der Waals surface area contributed by atoms with E-state index in [9.17, 15) is 16.8 Å². The Bertz CT molecular complexity index is 347. The lowest BCUT2D eigenvalue weighted by molar-refractivity contribution is 0.478. The molecule has 17 heavy (non-hydrogen) atoms. The van der Waals surface area contributed by atoms with Crippen molar-refractivity contribution in [1.29, 1.82) is 0 Å². The van der Waals surface area contributed by atoms with Gasteiger partial charge in [-0.05, 0) is 37.2 Å². The lowest BCUT2D eigenvalue weighted by Gasteiger charge is -2.01. The van der Waals surface area contributed by atoms with E-state index in [1.807, 2.05) is 0 Å². The summed E-state index contributed by atoms with van der Waals surface area (Å²) in [7, 11) is -7.69. The quantitative estimate of drug-likeness (QED) is 0.458. The van der Waals surface area contributed by atoms with Crippen LogP contribution in [-0.2, 0) is 20.2 Å². The highest BCUT2D eigenvalue weighted by molar-refractivity contribution is 7.99. The van der Waals surface area contributed by atoms with Crippen LogP contribution in [0.2, 0.25) is 0 Å². The van der Waals surface area contributed by atoms with E-state index in [0.717, 1.165) is 11.5 Å². The first-order valence-electron chi connectivity index (χ1n) is 5.19. The van der Waals surface area contributed by atoms with Crippen LogP contribution in [0.3, 0.4) is 0 Å². The summed E-state index contributed by atoms with van der Waals surface area (Å²) in [5.41, 5.74) is 0. The summed E-state index contributed by atoms with van der Waals surface area (Å²) in [5.74, 6) is 1.13. The monoisotopic (exact) mass is 306 g/mol. The highest BCUT2D eigenvalue weighted by atomic mass is 32.2. The van der Waals surface area contributed by atoms with Gasteiger partial charge in [0.05, 0.1) is 11.5 Å². The average Bonchev–Trinajstić information content (AvgIpc) is 2.11. The highest BCUT2D eigenvalue weighted by Gasteiger charge is 2.04. The van der Waals surface area contributed by atoms with Gasteiger partial charge in [0.2, 0.25) is 0 Å². The van der Waals surface area contributed by atoms with E-state index in [1.165, 1.54) is 0 Å². The molecule has 0 atom stereocenters. The van der Waals surface area contributed by atoms with Crippen molar-refractivity contribution in [3.63, 3.8) is 0 Å². The molecule has 104 valence electrons. The Labute approximate surface area is 107 Å². The molecule has 0 rings (SSSR count). The summed E-state index contributed by atoms with van der Waals surface area (Å²) in [6, 6.07) is 0. The number of rotatable bonds is 10. The number of hydrogen-bond donors (Lipinski definition) is 2. The van der Waals surface area contributed by atoms with Crippen LogP contribution < -0.4 is 0 Å². The molecule has 0 amide bonds. The van der Waals surface area contributed by atoms with Crippen molar-refractivity contribution in [1.82, 2.24) is 0 Å². The summed E-state index contributed by atoms with van der Waals surface area (Å²) in [4.78, 5) is 0. The third kappa shape index (κ3) is 16.2. The molecule has 0 aliphatic rings. The second-order valence-corrected chi connectivity index (χ2v) is 7.97. The number of hydrogen-bond acceptors (Lipinski definition) is 5. The third-order valence-corrected chi connectivity index (χ3v) is 4.65. The molecule has 0 saturated heterocycles. The zero-order valence-electron chi connectivity index (χ0n) is 9.41. The molecule has 0 aliphatic heterocycles. The number of thioether (sulfide) groups is 1. The van der Waals surface area contributed by atoms with E-state index in [0.29, 0.717) is 25.7 Å². The zero-order valence-corrected chi connectivity index (χ0v) is 11.9. The van der Waals surface area contributed by atoms with Crippen molar-refractivity contribution in [3.8, 4) is 0 Å². The molecular weight excluding hydrogens is 288 g/mol. The summed E-state index contributed by atoms with van der Waals surface area (Å²) in [5, 5.41) is 0. The minimum absolute atomic E-state index is 0.212. The number of unbranched alkanes of at least 4 members (excludes halogenated alkanes) is 2. The Morgan fingerprint density at radius 2 is 1.06 bits per heavy atom. The minimum atomic E-state index is -3.85. The van der Waals surface area contributed by atoms with E-state index in [-0.39, 0.29) is 11.5 Å². The fourth-order valence-corrected chi connectivity index (χ4v) is 3.24. The van der Waals surface area contributed by atoms with Gasteiger partial charge in [0.1, 0.15) is 0 Å². The van der Waals surface area contributed by atoms with Gasteiger partial charge < -0.3 is 0 Å². The predicted octanol–water partition coefficient (Wildman–Crippen LogP) is 1.06. The van der Waals surface area contributed by atoms with Gasteiger partial charge in [-0.1, -0.05) is 0 Å². The lowest BCUT2D eigenvalue weighted by Crippen LogP contribution is -2.04. The van der Waals surface area contributed by atoms with Crippen LogP contribution in [0.4, 0.5) is 0 Å². The van der Waals surface area contributed by atoms with E-state index in [1.54, 1.807) is 11.8 Å². The average molecular weight is 306 g/mol. The lowest BCUT2D eigenvalue weighted by atomic mass is 10.4. The summed E-state index contributed by atoms with van der Waals surface area (Å²) in [6.45, 7) is 0. The van der Waals surface area contributed by atoms with Crippen LogP contribution in [0.15, 0.2) is 0 Å². The van der Waals surface area contributed by atoms with E-state index in [2.05, 4.69) is 0 Å². The van der Waals surface area contributed by atoms with Crippen LogP contribution in [0, 0.1) is 0 Å². The molecule has 0 radical (unpaired) electrons. The van der Waals surface area contributed by atoms with Gasteiger partial charge in [0.25, 0.3) is 20.2 Å². The zero-order chi connectivity index (χ0) is 13.4. The van der Waals surface area contributed by atoms with Gasteiger partial charge in [-0.3, -0.25) is 9.11 Å². The van der Waals surface area contributed by atoms with Crippen molar-refractivity contribution in [3.05, 3.63) is 0 Å². The molecule has 6 nitrogen and oxygen atoms in total. The van der Waals surface area contributed by atoms with Crippen LogP contribution in [0.5, 0.6) is 0 Å². The van der Waals surface area contributed by atoms with Gasteiger partial charge in [-0.2, -0.15) is 28.6 Å². The van der Waals surface area contributed by atoms with Gasteiger partial charge in [-0.15, -0.1) is 0 Å². The van der Waals surface area contributed by atoms with Gasteiger partial charge in [0, 0.05) is 0 Å². The van der Waals surface area contributed by atoms with Crippen LogP contribution >= 0.6 is 11.8 Å². The van der Waals surface area contributed by atoms with Crippen LogP contribution in [-0.4, -0.2) is 49.0 Å². The molecule has 0 unspecified atom stereocenters. The second-order valence-electron chi connectivity index (χ2n) is 3.60. The normalized spacial score (nSPS) is 12.8. The smallest absolute Gasteiger partial charge is 0.264 e.